The molecule has 5 heteroatoms. The molecular formula is C19H28O5. The summed E-state index contributed by atoms with van der Waals surface area (Å²) in [5.74, 6) is 0.142. The first-order chi connectivity index (χ1) is 11.2. The zero-order valence-corrected chi connectivity index (χ0v) is 15.2. The average Bonchev–Trinajstić information content (AvgIpc) is 2.54. The summed E-state index contributed by atoms with van der Waals surface area (Å²) in [5, 5.41) is 8.85. The van der Waals surface area contributed by atoms with Gasteiger partial charge in [-0.25, -0.2) is 0 Å². The normalized spacial score (nSPS) is 15.9. The summed E-state index contributed by atoms with van der Waals surface area (Å²) < 4.78 is 9.86. The Kier molecular flexibility index (Phi) is 7.42. The molecule has 1 N–H and O–H groups in total. The largest absolute Gasteiger partial charge is 0.438 e. The van der Waals surface area contributed by atoms with Gasteiger partial charge in [0.25, 0.3) is 0 Å². The van der Waals surface area contributed by atoms with Gasteiger partial charge in [0.15, 0.2) is 6.79 Å². The van der Waals surface area contributed by atoms with Gasteiger partial charge in [-0.1, -0.05) is 32.9 Å². The number of carbonyl (C=O) groups excluding carboxylic acids is 2. The maximum atomic E-state index is 12.2. The fraction of sp³-hybridized carbons (Fsp3) is 0.579. The number of rotatable bonds is 8. The number of hydrogen-bond donors (Lipinski definition) is 1. The second-order valence-corrected chi connectivity index (χ2v) is 6.53. The van der Waals surface area contributed by atoms with Gasteiger partial charge in [-0.3, -0.25) is 9.59 Å². The highest BCUT2D eigenvalue weighted by Gasteiger charge is 2.39. The third kappa shape index (κ3) is 5.06. The molecule has 0 amide bonds. The zero-order chi connectivity index (χ0) is 18.3. The van der Waals surface area contributed by atoms with Crippen LogP contribution in [0.15, 0.2) is 24.3 Å². The molecule has 0 aliphatic rings. The van der Waals surface area contributed by atoms with Gasteiger partial charge in [-0.15, -0.1) is 0 Å². The van der Waals surface area contributed by atoms with Crippen molar-refractivity contribution in [3.63, 3.8) is 0 Å². The van der Waals surface area contributed by atoms with Gasteiger partial charge >= 0.3 is 11.9 Å². The van der Waals surface area contributed by atoms with E-state index >= 15 is 0 Å². The zero-order valence-electron chi connectivity index (χ0n) is 15.2. The molecule has 0 saturated heterocycles. The third-order valence-electron chi connectivity index (χ3n) is 4.90. The maximum absolute atomic E-state index is 12.2. The molecule has 5 nitrogen and oxygen atoms in total. The number of aliphatic hydroxyl groups is 1. The Labute approximate surface area is 144 Å². The lowest BCUT2D eigenvalue weighted by Crippen LogP contribution is -2.36. The molecule has 0 radical (unpaired) electrons. The molecule has 3 unspecified atom stereocenters. The number of benzene rings is 1. The van der Waals surface area contributed by atoms with Crippen molar-refractivity contribution in [3.05, 3.63) is 29.8 Å². The van der Waals surface area contributed by atoms with E-state index in [2.05, 4.69) is 6.92 Å². The molecule has 0 aromatic heterocycles. The summed E-state index contributed by atoms with van der Waals surface area (Å²) in [7, 11) is 0. The standard InChI is InChI=1S/C19H28O5/c1-6-19(5,18(22)23-12-20)14(3)11-13(2)16-7-9-17(10-8-16)24-15(4)21/h7-10,13-14,20H,6,11-12H2,1-5H3. The predicted octanol–water partition coefficient (Wildman–Crippen LogP) is 3.65. The van der Waals surface area contributed by atoms with Crippen molar-refractivity contribution in [2.75, 3.05) is 6.79 Å². The summed E-state index contributed by atoms with van der Waals surface area (Å²) in [6.07, 6.45) is 1.45. The number of hydrogen-bond acceptors (Lipinski definition) is 5. The second-order valence-electron chi connectivity index (χ2n) is 6.53. The van der Waals surface area contributed by atoms with Crippen LogP contribution in [-0.2, 0) is 14.3 Å². The highest BCUT2D eigenvalue weighted by molar-refractivity contribution is 5.76. The van der Waals surface area contributed by atoms with Gasteiger partial charge in [0.05, 0.1) is 5.41 Å². The lowest BCUT2D eigenvalue weighted by atomic mass is 9.71. The molecule has 0 saturated carbocycles. The fourth-order valence-electron chi connectivity index (χ4n) is 2.87. The average molecular weight is 336 g/mol. The molecule has 3 atom stereocenters. The minimum Gasteiger partial charge on any atom is -0.438 e. The number of carbonyl (C=O) groups is 2. The summed E-state index contributed by atoms with van der Waals surface area (Å²) in [4.78, 5) is 23.1. The second kappa shape index (κ2) is 8.83. The molecule has 134 valence electrons. The van der Waals surface area contributed by atoms with Crippen LogP contribution < -0.4 is 4.74 Å². The minimum atomic E-state index is -0.630. The Hall–Kier alpha value is -1.88. The Bertz CT molecular complexity index is 551. The summed E-state index contributed by atoms with van der Waals surface area (Å²) >= 11 is 0. The molecule has 0 heterocycles. The van der Waals surface area contributed by atoms with E-state index in [4.69, 9.17) is 14.6 Å². The van der Waals surface area contributed by atoms with Crippen molar-refractivity contribution in [2.45, 2.75) is 53.4 Å². The fourth-order valence-corrected chi connectivity index (χ4v) is 2.87. The van der Waals surface area contributed by atoms with Crippen LogP contribution in [0.5, 0.6) is 5.75 Å². The first-order valence-electron chi connectivity index (χ1n) is 8.31. The van der Waals surface area contributed by atoms with Gasteiger partial charge in [0.1, 0.15) is 5.75 Å². The molecule has 1 aromatic carbocycles. The maximum Gasteiger partial charge on any atom is 0.314 e. The number of aliphatic hydroxyl groups excluding tert-OH is 1. The van der Waals surface area contributed by atoms with Gasteiger partial charge in [0.2, 0.25) is 0 Å². The summed E-state index contributed by atoms with van der Waals surface area (Å²) in [6, 6.07) is 7.42. The van der Waals surface area contributed by atoms with Gasteiger partial charge in [0, 0.05) is 6.92 Å². The SMILES string of the molecule is CCC(C)(C(=O)OCO)C(C)CC(C)c1ccc(OC(C)=O)cc1. The van der Waals surface area contributed by atoms with Crippen LogP contribution in [-0.4, -0.2) is 23.8 Å². The van der Waals surface area contributed by atoms with Crippen LogP contribution in [0.1, 0.15) is 58.9 Å². The van der Waals surface area contributed by atoms with E-state index in [1.54, 1.807) is 12.1 Å². The Morgan fingerprint density at radius 2 is 1.79 bits per heavy atom. The molecule has 0 aliphatic heterocycles. The molecule has 1 aromatic rings. The van der Waals surface area contributed by atoms with Gasteiger partial charge < -0.3 is 14.6 Å². The Morgan fingerprint density at radius 3 is 2.25 bits per heavy atom. The lowest BCUT2D eigenvalue weighted by molar-refractivity contribution is -0.167. The van der Waals surface area contributed by atoms with E-state index in [9.17, 15) is 9.59 Å². The monoisotopic (exact) mass is 336 g/mol. The molecule has 0 fully saturated rings. The van der Waals surface area contributed by atoms with E-state index in [-0.39, 0.29) is 23.8 Å². The van der Waals surface area contributed by atoms with Crippen molar-refractivity contribution >= 4 is 11.9 Å². The molecule has 0 bridgehead atoms. The van der Waals surface area contributed by atoms with Crippen LogP contribution in [0.2, 0.25) is 0 Å². The van der Waals surface area contributed by atoms with E-state index in [1.165, 1.54) is 6.92 Å². The molecule has 1 rings (SSSR count). The number of esters is 2. The first-order valence-corrected chi connectivity index (χ1v) is 8.31. The van der Waals surface area contributed by atoms with Crippen LogP contribution in [0.3, 0.4) is 0 Å². The van der Waals surface area contributed by atoms with Crippen molar-refractivity contribution in [1.82, 2.24) is 0 Å². The molecular weight excluding hydrogens is 308 g/mol. The quantitative estimate of drug-likeness (QED) is 0.446. The van der Waals surface area contributed by atoms with Crippen molar-refractivity contribution in [3.8, 4) is 5.75 Å². The van der Waals surface area contributed by atoms with Crippen molar-refractivity contribution in [2.24, 2.45) is 11.3 Å². The highest BCUT2D eigenvalue weighted by Crippen LogP contribution is 2.38. The minimum absolute atomic E-state index is 0.0877. The first kappa shape index (κ1) is 20.2. The predicted molar refractivity (Wildman–Crippen MR) is 91.5 cm³/mol. The van der Waals surface area contributed by atoms with E-state index in [0.29, 0.717) is 12.2 Å². The van der Waals surface area contributed by atoms with Crippen LogP contribution >= 0.6 is 0 Å². The molecule has 24 heavy (non-hydrogen) atoms. The van der Waals surface area contributed by atoms with Crippen LogP contribution in [0.4, 0.5) is 0 Å². The summed E-state index contributed by atoms with van der Waals surface area (Å²) in [5.41, 5.74) is 0.487. The number of ether oxygens (including phenoxy) is 2. The summed E-state index contributed by atoms with van der Waals surface area (Å²) in [6.45, 7) is 8.75. The van der Waals surface area contributed by atoms with Gasteiger partial charge in [-0.2, -0.15) is 0 Å². The third-order valence-corrected chi connectivity index (χ3v) is 4.90. The van der Waals surface area contributed by atoms with Crippen molar-refractivity contribution in [1.29, 1.82) is 0 Å². The lowest BCUT2D eigenvalue weighted by Gasteiger charge is -2.33. The van der Waals surface area contributed by atoms with E-state index in [1.807, 2.05) is 32.9 Å². The highest BCUT2D eigenvalue weighted by atomic mass is 16.6. The Morgan fingerprint density at radius 1 is 1.21 bits per heavy atom. The van der Waals surface area contributed by atoms with Crippen molar-refractivity contribution < 1.29 is 24.2 Å². The van der Waals surface area contributed by atoms with E-state index < -0.39 is 12.2 Å². The van der Waals surface area contributed by atoms with Gasteiger partial charge in [-0.05, 0) is 49.3 Å². The topological polar surface area (TPSA) is 72.8 Å². The molecule has 0 aliphatic carbocycles. The van der Waals surface area contributed by atoms with Crippen LogP contribution in [0.25, 0.3) is 0 Å². The van der Waals surface area contributed by atoms with E-state index in [0.717, 1.165) is 12.0 Å². The molecule has 0 spiro atoms. The Balaban J connectivity index is 2.79. The smallest absolute Gasteiger partial charge is 0.314 e. The van der Waals surface area contributed by atoms with Crippen LogP contribution in [0, 0.1) is 11.3 Å².